The Morgan fingerprint density at radius 2 is 2.28 bits per heavy atom. The minimum absolute atomic E-state index is 0.613. The number of aromatic nitrogens is 2. The normalized spacial score (nSPS) is 16.5. The molecule has 6 nitrogen and oxygen atoms in total. The number of morpholine rings is 1. The summed E-state index contributed by atoms with van der Waals surface area (Å²) in [6, 6.07) is 1.88. The van der Waals surface area contributed by atoms with Crippen LogP contribution in [-0.4, -0.2) is 59.2 Å². The molecule has 100 valence electrons. The van der Waals surface area contributed by atoms with Gasteiger partial charge in [0.1, 0.15) is 0 Å². The largest absolute Gasteiger partial charge is 0.379 e. The van der Waals surface area contributed by atoms with Gasteiger partial charge in [0.05, 0.1) is 13.2 Å². The summed E-state index contributed by atoms with van der Waals surface area (Å²) in [5.74, 6) is 0.765. The van der Waals surface area contributed by atoms with Crippen molar-refractivity contribution in [2.24, 2.45) is 7.05 Å². The molecule has 0 bridgehead atoms. The SMILES string of the molecule is Cn1ccc(NC(=S)NCCN2CCOCC2)n1. The van der Waals surface area contributed by atoms with Crippen LogP contribution in [0.1, 0.15) is 0 Å². The molecule has 2 heterocycles. The molecule has 0 saturated carbocycles. The van der Waals surface area contributed by atoms with E-state index in [9.17, 15) is 0 Å². The minimum Gasteiger partial charge on any atom is -0.379 e. The molecule has 1 aliphatic heterocycles. The second kappa shape index (κ2) is 6.67. The highest BCUT2D eigenvalue weighted by atomic mass is 32.1. The highest BCUT2D eigenvalue weighted by molar-refractivity contribution is 7.80. The fourth-order valence-electron chi connectivity index (χ4n) is 1.79. The van der Waals surface area contributed by atoms with Gasteiger partial charge in [-0.1, -0.05) is 0 Å². The van der Waals surface area contributed by atoms with Crippen LogP contribution in [-0.2, 0) is 11.8 Å². The van der Waals surface area contributed by atoms with Gasteiger partial charge in [-0.15, -0.1) is 0 Å². The van der Waals surface area contributed by atoms with E-state index in [0.717, 1.165) is 45.2 Å². The molecule has 1 saturated heterocycles. The van der Waals surface area contributed by atoms with Crippen LogP contribution in [0.25, 0.3) is 0 Å². The van der Waals surface area contributed by atoms with E-state index in [-0.39, 0.29) is 0 Å². The van der Waals surface area contributed by atoms with Crippen LogP contribution in [0.15, 0.2) is 12.3 Å². The molecule has 2 rings (SSSR count). The van der Waals surface area contributed by atoms with Crippen LogP contribution in [0.3, 0.4) is 0 Å². The fourth-order valence-corrected chi connectivity index (χ4v) is 2.00. The van der Waals surface area contributed by atoms with E-state index in [2.05, 4.69) is 20.6 Å². The molecular formula is C11H19N5OS. The Bertz CT molecular complexity index is 389. The third-order valence-corrected chi connectivity index (χ3v) is 3.02. The van der Waals surface area contributed by atoms with Gasteiger partial charge in [-0.05, 0) is 12.2 Å². The van der Waals surface area contributed by atoms with Crippen molar-refractivity contribution in [1.82, 2.24) is 20.0 Å². The van der Waals surface area contributed by atoms with E-state index in [0.29, 0.717) is 5.11 Å². The standard InChI is InChI=1S/C11H19N5OS/c1-15-4-2-10(14-15)13-11(18)12-3-5-16-6-8-17-9-7-16/h2,4H,3,5-9H2,1H3,(H2,12,13,14,18). The first-order valence-corrected chi connectivity index (χ1v) is 6.49. The zero-order chi connectivity index (χ0) is 12.8. The second-order valence-electron chi connectivity index (χ2n) is 4.21. The first-order chi connectivity index (χ1) is 8.74. The van der Waals surface area contributed by atoms with E-state index in [4.69, 9.17) is 17.0 Å². The van der Waals surface area contributed by atoms with Gasteiger partial charge in [-0.3, -0.25) is 9.58 Å². The predicted octanol–water partition coefficient (Wildman–Crippen LogP) is 0.0387. The zero-order valence-electron chi connectivity index (χ0n) is 10.6. The number of ether oxygens (including phenoxy) is 1. The number of nitrogens with one attached hydrogen (secondary N) is 2. The van der Waals surface area contributed by atoms with Crippen molar-refractivity contribution in [3.8, 4) is 0 Å². The highest BCUT2D eigenvalue weighted by Gasteiger charge is 2.09. The lowest BCUT2D eigenvalue weighted by Crippen LogP contribution is -2.42. The lowest BCUT2D eigenvalue weighted by Gasteiger charge is -2.26. The van der Waals surface area contributed by atoms with Gasteiger partial charge in [-0.2, -0.15) is 5.10 Å². The number of nitrogens with zero attached hydrogens (tertiary/aromatic N) is 3. The second-order valence-corrected chi connectivity index (χ2v) is 4.62. The molecule has 2 N–H and O–H groups in total. The topological polar surface area (TPSA) is 54.4 Å². The molecule has 1 aromatic rings. The molecule has 18 heavy (non-hydrogen) atoms. The van der Waals surface area contributed by atoms with Gasteiger partial charge < -0.3 is 15.4 Å². The van der Waals surface area contributed by atoms with Crippen LogP contribution >= 0.6 is 12.2 Å². The van der Waals surface area contributed by atoms with Crippen LogP contribution in [0.4, 0.5) is 5.82 Å². The fraction of sp³-hybridized carbons (Fsp3) is 0.636. The molecule has 7 heteroatoms. The minimum atomic E-state index is 0.613. The van der Waals surface area contributed by atoms with E-state index in [1.165, 1.54) is 0 Å². The Morgan fingerprint density at radius 1 is 1.50 bits per heavy atom. The van der Waals surface area contributed by atoms with Crippen molar-refractivity contribution in [3.05, 3.63) is 12.3 Å². The molecule has 1 fully saturated rings. The van der Waals surface area contributed by atoms with Gasteiger partial charge in [0, 0.05) is 45.5 Å². The third kappa shape index (κ3) is 4.25. The molecule has 0 spiro atoms. The summed E-state index contributed by atoms with van der Waals surface area (Å²) in [5, 5.41) is 11.0. The number of rotatable bonds is 4. The molecule has 0 aromatic carbocycles. The van der Waals surface area contributed by atoms with Gasteiger partial charge >= 0.3 is 0 Å². The highest BCUT2D eigenvalue weighted by Crippen LogP contribution is 2.00. The van der Waals surface area contributed by atoms with Crippen LogP contribution in [0.5, 0.6) is 0 Å². The molecular weight excluding hydrogens is 250 g/mol. The molecule has 0 radical (unpaired) electrons. The monoisotopic (exact) mass is 269 g/mol. The molecule has 1 aromatic heterocycles. The summed E-state index contributed by atoms with van der Waals surface area (Å²) in [7, 11) is 1.88. The Balaban J connectivity index is 1.62. The maximum atomic E-state index is 5.30. The Kier molecular flexibility index (Phi) is 4.91. The van der Waals surface area contributed by atoms with Crippen molar-refractivity contribution in [1.29, 1.82) is 0 Å². The van der Waals surface area contributed by atoms with Gasteiger partial charge in [0.25, 0.3) is 0 Å². The zero-order valence-corrected chi connectivity index (χ0v) is 11.4. The summed E-state index contributed by atoms with van der Waals surface area (Å²) < 4.78 is 7.03. The van der Waals surface area contributed by atoms with Crippen LogP contribution in [0, 0.1) is 0 Å². The van der Waals surface area contributed by atoms with Gasteiger partial charge in [-0.25, -0.2) is 0 Å². The lowest BCUT2D eigenvalue weighted by molar-refractivity contribution is 0.0389. The number of hydrogen-bond donors (Lipinski definition) is 2. The van der Waals surface area contributed by atoms with E-state index < -0.39 is 0 Å². The van der Waals surface area contributed by atoms with Crippen molar-refractivity contribution < 1.29 is 4.74 Å². The molecule has 0 aliphatic carbocycles. The Labute approximate surface area is 112 Å². The maximum Gasteiger partial charge on any atom is 0.172 e. The first kappa shape index (κ1) is 13.3. The number of thiocarbonyl (C=S) groups is 1. The summed E-state index contributed by atoms with van der Waals surface area (Å²) >= 11 is 5.20. The summed E-state index contributed by atoms with van der Waals surface area (Å²) in [6.45, 7) is 5.48. The van der Waals surface area contributed by atoms with Crippen molar-refractivity contribution in [3.63, 3.8) is 0 Å². The summed E-state index contributed by atoms with van der Waals surface area (Å²) in [5.41, 5.74) is 0. The number of hydrogen-bond acceptors (Lipinski definition) is 4. The molecule has 0 atom stereocenters. The van der Waals surface area contributed by atoms with E-state index in [1.807, 2.05) is 19.3 Å². The quantitative estimate of drug-likeness (QED) is 0.753. The van der Waals surface area contributed by atoms with Crippen molar-refractivity contribution in [2.45, 2.75) is 0 Å². The molecule has 1 aliphatic rings. The summed E-state index contributed by atoms with van der Waals surface area (Å²) in [6.07, 6.45) is 1.87. The average Bonchev–Trinajstić information content (AvgIpc) is 2.76. The number of aryl methyl sites for hydroxylation is 1. The molecule has 0 amide bonds. The lowest BCUT2D eigenvalue weighted by atomic mass is 10.4. The van der Waals surface area contributed by atoms with Crippen LogP contribution < -0.4 is 10.6 Å². The van der Waals surface area contributed by atoms with E-state index >= 15 is 0 Å². The maximum absolute atomic E-state index is 5.30. The smallest absolute Gasteiger partial charge is 0.172 e. The predicted molar refractivity (Wildman–Crippen MR) is 74.7 cm³/mol. The average molecular weight is 269 g/mol. The van der Waals surface area contributed by atoms with Gasteiger partial charge in [0.2, 0.25) is 0 Å². The van der Waals surface area contributed by atoms with Crippen molar-refractivity contribution in [2.75, 3.05) is 44.7 Å². The first-order valence-electron chi connectivity index (χ1n) is 6.08. The Morgan fingerprint density at radius 3 is 2.94 bits per heavy atom. The van der Waals surface area contributed by atoms with E-state index in [1.54, 1.807) is 4.68 Å². The van der Waals surface area contributed by atoms with Crippen LogP contribution in [0.2, 0.25) is 0 Å². The number of anilines is 1. The molecule has 0 unspecified atom stereocenters. The summed E-state index contributed by atoms with van der Waals surface area (Å²) in [4.78, 5) is 2.36. The third-order valence-electron chi connectivity index (χ3n) is 2.77. The van der Waals surface area contributed by atoms with Gasteiger partial charge in [0.15, 0.2) is 10.9 Å². The van der Waals surface area contributed by atoms with Crippen molar-refractivity contribution >= 4 is 23.1 Å². The Hall–Kier alpha value is -1.18.